The molecular formula is C21H17Cl2NO3S. The molecule has 1 atom stereocenters. The van der Waals surface area contributed by atoms with Crippen molar-refractivity contribution in [3.05, 3.63) is 75.2 Å². The summed E-state index contributed by atoms with van der Waals surface area (Å²) in [7, 11) is 0. The molecule has 7 heteroatoms. The molecule has 0 unspecified atom stereocenters. The quantitative estimate of drug-likeness (QED) is 0.504. The van der Waals surface area contributed by atoms with Crippen LogP contribution in [0.3, 0.4) is 0 Å². The minimum Gasteiger partial charge on any atom is -0.481 e. The number of hydrogen-bond donors (Lipinski definition) is 1. The number of carboxylic acid groups (broad SMARTS) is 1. The molecule has 3 rings (SSSR count). The molecule has 0 aliphatic carbocycles. The Labute approximate surface area is 176 Å². The number of carboxylic acids is 1. The van der Waals surface area contributed by atoms with E-state index in [0.29, 0.717) is 27.2 Å². The molecule has 3 aromatic rings. The van der Waals surface area contributed by atoms with Crippen molar-refractivity contribution in [1.82, 2.24) is 4.98 Å². The highest BCUT2D eigenvalue weighted by Gasteiger charge is 2.22. The fourth-order valence-electron chi connectivity index (χ4n) is 2.87. The summed E-state index contributed by atoms with van der Waals surface area (Å²) in [4.78, 5) is 28.5. The lowest BCUT2D eigenvalue weighted by molar-refractivity contribution is -0.143. The molecule has 2 aromatic carbocycles. The maximum absolute atomic E-state index is 12.4. The Kier molecular flexibility index (Phi) is 6.83. The maximum atomic E-state index is 12.4. The highest BCUT2D eigenvalue weighted by atomic mass is 35.5. The number of rotatable bonds is 8. The molecule has 1 N–H and O–H groups in total. The van der Waals surface area contributed by atoms with Gasteiger partial charge in [-0.1, -0.05) is 53.5 Å². The number of carbonyl (C=O) groups excluding carboxylic acids is 1. The molecule has 1 aromatic heterocycles. The van der Waals surface area contributed by atoms with Gasteiger partial charge in [0, 0.05) is 28.8 Å². The topological polar surface area (TPSA) is 67.3 Å². The van der Waals surface area contributed by atoms with Crippen molar-refractivity contribution in [3.63, 3.8) is 0 Å². The first-order valence-corrected chi connectivity index (χ1v) is 10.2. The van der Waals surface area contributed by atoms with Crippen LogP contribution in [-0.2, 0) is 22.4 Å². The molecule has 0 radical (unpaired) electrons. The van der Waals surface area contributed by atoms with Crippen LogP contribution in [0.25, 0.3) is 10.6 Å². The zero-order chi connectivity index (χ0) is 20.1. The van der Waals surface area contributed by atoms with Gasteiger partial charge in [-0.2, -0.15) is 0 Å². The highest BCUT2D eigenvalue weighted by molar-refractivity contribution is 7.13. The summed E-state index contributed by atoms with van der Waals surface area (Å²) in [6.07, 6.45) is 0.393. The number of benzene rings is 2. The van der Waals surface area contributed by atoms with Crippen molar-refractivity contribution >= 4 is 46.3 Å². The fraction of sp³-hybridized carbons (Fsp3) is 0.190. The predicted molar refractivity (Wildman–Crippen MR) is 112 cm³/mol. The first-order chi connectivity index (χ1) is 13.4. The van der Waals surface area contributed by atoms with E-state index in [0.717, 1.165) is 11.1 Å². The summed E-state index contributed by atoms with van der Waals surface area (Å²) in [6.45, 7) is 0. The predicted octanol–water partition coefficient (Wildman–Crippen LogP) is 5.56. The normalized spacial score (nSPS) is 11.9. The van der Waals surface area contributed by atoms with E-state index >= 15 is 0 Å². The summed E-state index contributed by atoms with van der Waals surface area (Å²) in [6, 6.07) is 14.5. The number of hydrogen-bond acceptors (Lipinski definition) is 4. The smallest absolute Gasteiger partial charge is 0.307 e. The van der Waals surface area contributed by atoms with Gasteiger partial charge >= 0.3 is 5.97 Å². The zero-order valence-corrected chi connectivity index (χ0v) is 17.1. The number of aliphatic carboxylic acids is 1. The molecule has 0 spiro atoms. The van der Waals surface area contributed by atoms with Crippen molar-refractivity contribution < 1.29 is 14.7 Å². The number of carbonyl (C=O) groups is 2. The Morgan fingerprint density at radius 3 is 2.54 bits per heavy atom. The summed E-state index contributed by atoms with van der Waals surface area (Å²) in [5.74, 6) is -1.87. The van der Waals surface area contributed by atoms with E-state index in [-0.39, 0.29) is 18.6 Å². The maximum Gasteiger partial charge on any atom is 0.307 e. The number of halogens is 2. The SMILES string of the molecule is O=C(Cc1csc(-c2ccc(Cl)cc2Cl)n1)C[C@@H](Cc1ccccc1)C(=O)O. The van der Waals surface area contributed by atoms with Gasteiger partial charge in [-0.3, -0.25) is 9.59 Å². The molecule has 0 bridgehead atoms. The molecule has 28 heavy (non-hydrogen) atoms. The number of aromatic nitrogens is 1. The third kappa shape index (κ3) is 5.41. The van der Waals surface area contributed by atoms with Gasteiger partial charge in [0.2, 0.25) is 0 Å². The molecule has 4 nitrogen and oxygen atoms in total. The van der Waals surface area contributed by atoms with E-state index in [1.807, 2.05) is 30.3 Å². The molecule has 0 aliphatic heterocycles. The van der Waals surface area contributed by atoms with Crippen LogP contribution in [-0.4, -0.2) is 21.8 Å². The second-order valence-electron chi connectivity index (χ2n) is 6.41. The molecule has 0 amide bonds. The largest absolute Gasteiger partial charge is 0.481 e. The second-order valence-corrected chi connectivity index (χ2v) is 8.11. The first-order valence-electron chi connectivity index (χ1n) is 8.60. The zero-order valence-electron chi connectivity index (χ0n) is 14.8. The third-order valence-corrected chi connectivity index (χ3v) is 5.71. The molecule has 144 valence electrons. The number of Topliss-reactive ketones (excluding diaryl/α,β-unsaturated/α-hetero) is 1. The van der Waals surface area contributed by atoms with Gasteiger partial charge in [0.1, 0.15) is 10.8 Å². The Morgan fingerprint density at radius 2 is 1.86 bits per heavy atom. The Bertz CT molecular complexity index is 988. The van der Waals surface area contributed by atoms with Crippen LogP contribution < -0.4 is 0 Å². The minimum atomic E-state index is -0.968. The monoisotopic (exact) mass is 433 g/mol. The van der Waals surface area contributed by atoms with E-state index in [1.165, 1.54) is 11.3 Å². The highest BCUT2D eigenvalue weighted by Crippen LogP contribution is 2.32. The average molecular weight is 434 g/mol. The lowest BCUT2D eigenvalue weighted by atomic mass is 9.93. The van der Waals surface area contributed by atoms with Crippen LogP contribution in [0.15, 0.2) is 53.9 Å². The fourth-order valence-corrected chi connectivity index (χ4v) is 4.28. The first kappa shape index (κ1) is 20.5. The van der Waals surface area contributed by atoms with E-state index in [1.54, 1.807) is 23.6 Å². The van der Waals surface area contributed by atoms with Gasteiger partial charge in [-0.05, 0) is 30.2 Å². The van der Waals surface area contributed by atoms with Crippen molar-refractivity contribution in [2.75, 3.05) is 0 Å². The van der Waals surface area contributed by atoms with E-state index in [2.05, 4.69) is 4.98 Å². The van der Waals surface area contributed by atoms with E-state index in [9.17, 15) is 14.7 Å². The standard InChI is InChI=1S/C21H17Cl2NO3S/c22-15-6-7-18(19(23)10-15)20-24-16(12-28-20)11-17(25)9-14(21(26)27)8-13-4-2-1-3-5-13/h1-7,10,12,14H,8-9,11H2,(H,26,27)/t14-/m1/s1. The van der Waals surface area contributed by atoms with Gasteiger partial charge in [0.05, 0.1) is 16.6 Å². The molecule has 0 aliphatic rings. The van der Waals surface area contributed by atoms with Crippen molar-refractivity contribution in [3.8, 4) is 10.6 Å². The lowest BCUT2D eigenvalue weighted by Crippen LogP contribution is -2.21. The van der Waals surface area contributed by atoms with Crippen molar-refractivity contribution in [2.45, 2.75) is 19.3 Å². The Balaban J connectivity index is 1.65. The van der Waals surface area contributed by atoms with Crippen LogP contribution in [0.1, 0.15) is 17.7 Å². The van der Waals surface area contributed by atoms with Gasteiger partial charge in [-0.15, -0.1) is 11.3 Å². The third-order valence-electron chi connectivity index (χ3n) is 4.24. The molecule has 0 saturated carbocycles. The summed E-state index contributed by atoms with van der Waals surface area (Å²) < 4.78 is 0. The Morgan fingerprint density at radius 1 is 1.11 bits per heavy atom. The van der Waals surface area contributed by atoms with Crippen LogP contribution in [0, 0.1) is 5.92 Å². The summed E-state index contributed by atoms with van der Waals surface area (Å²) in [5.41, 5.74) is 2.26. The van der Waals surface area contributed by atoms with E-state index < -0.39 is 11.9 Å². The van der Waals surface area contributed by atoms with Gasteiger partial charge in [-0.25, -0.2) is 4.98 Å². The van der Waals surface area contributed by atoms with Gasteiger partial charge in [0.25, 0.3) is 0 Å². The lowest BCUT2D eigenvalue weighted by Gasteiger charge is -2.11. The van der Waals surface area contributed by atoms with Gasteiger partial charge < -0.3 is 5.11 Å². The molecule has 1 heterocycles. The van der Waals surface area contributed by atoms with Crippen LogP contribution in [0.2, 0.25) is 10.0 Å². The molecule has 0 fully saturated rings. The average Bonchev–Trinajstić information content (AvgIpc) is 3.10. The van der Waals surface area contributed by atoms with Gasteiger partial charge in [0.15, 0.2) is 0 Å². The van der Waals surface area contributed by atoms with Crippen LogP contribution in [0.5, 0.6) is 0 Å². The van der Waals surface area contributed by atoms with Crippen LogP contribution in [0.4, 0.5) is 0 Å². The Hall–Kier alpha value is -2.21. The molecular weight excluding hydrogens is 417 g/mol. The summed E-state index contributed by atoms with van der Waals surface area (Å²) in [5, 5.41) is 13.0. The number of nitrogens with zero attached hydrogens (tertiary/aromatic N) is 1. The second kappa shape index (κ2) is 9.32. The van der Waals surface area contributed by atoms with Crippen molar-refractivity contribution in [2.24, 2.45) is 5.92 Å². The van der Waals surface area contributed by atoms with Crippen molar-refractivity contribution in [1.29, 1.82) is 0 Å². The van der Waals surface area contributed by atoms with E-state index in [4.69, 9.17) is 23.2 Å². The minimum absolute atomic E-state index is 0.0290. The molecule has 0 saturated heterocycles. The van der Waals surface area contributed by atoms with Crippen LogP contribution >= 0.6 is 34.5 Å². The summed E-state index contributed by atoms with van der Waals surface area (Å²) >= 11 is 13.5. The number of thiazole rings is 1. The number of ketones is 1.